The molecule has 4 rings (SSSR count). The van der Waals surface area contributed by atoms with Crippen molar-refractivity contribution in [2.75, 3.05) is 13.7 Å². The summed E-state index contributed by atoms with van der Waals surface area (Å²) in [6, 6.07) is 3.78. The number of aromatic nitrogens is 3. The number of benzene rings is 1. The molecule has 2 aromatic heterocycles. The van der Waals surface area contributed by atoms with Crippen LogP contribution in [0.5, 0.6) is 5.75 Å². The summed E-state index contributed by atoms with van der Waals surface area (Å²) in [4.78, 5) is 35.4. The van der Waals surface area contributed by atoms with Crippen LogP contribution < -0.4 is 15.6 Å². The fourth-order valence-electron chi connectivity index (χ4n) is 3.51. The number of pyridine rings is 1. The first-order chi connectivity index (χ1) is 17.0. The Hall–Kier alpha value is -3.87. The summed E-state index contributed by atoms with van der Waals surface area (Å²) in [5.74, 6) is -3.98. The predicted octanol–water partition coefficient (Wildman–Crippen LogP) is 4.00. The average molecular weight is 510 g/mol. The summed E-state index contributed by atoms with van der Waals surface area (Å²) < 4.78 is 74.6. The molecule has 2 heterocycles. The summed E-state index contributed by atoms with van der Waals surface area (Å²) in [6.45, 7) is -0.195. The molecular weight excluding hydrogens is 491 g/mol. The molecule has 0 unspecified atom stereocenters. The molecule has 1 aromatic carbocycles. The zero-order valence-electron chi connectivity index (χ0n) is 18.7. The van der Waals surface area contributed by atoms with Crippen LogP contribution in [0.25, 0.3) is 11.5 Å². The number of halogens is 5. The molecule has 1 aliphatic carbocycles. The molecule has 0 aliphatic heterocycles. The minimum Gasteiger partial charge on any atom is -0.403 e. The highest BCUT2D eigenvalue weighted by Gasteiger charge is 2.32. The van der Waals surface area contributed by atoms with Crippen molar-refractivity contribution in [3.05, 3.63) is 75.3 Å². The van der Waals surface area contributed by atoms with Crippen LogP contribution in [-0.2, 0) is 4.74 Å². The molecule has 3 aromatic rings. The van der Waals surface area contributed by atoms with Gasteiger partial charge in [-0.15, -0.1) is 13.2 Å². The Bertz CT molecular complexity index is 1340. The number of nitrogens with zero attached hydrogens (tertiary/aromatic N) is 2. The first-order valence-electron chi connectivity index (χ1n) is 10.7. The lowest BCUT2D eigenvalue weighted by Crippen LogP contribution is -2.33. The second-order valence-corrected chi connectivity index (χ2v) is 8.07. The van der Waals surface area contributed by atoms with Gasteiger partial charge in [0.15, 0.2) is 23.2 Å². The van der Waals surface area contributed by atoms with Gasteiger partial charge in [0.25, 0.3) is 11.5 Å². The van der Waals surface area contributed by atoms with Crippen LogP contribution in [0.15, 0.2) is 41.3 Å². The van der Waals surface area contributed by atoms with E-state index in [0.717, 1.165) is 42.7 Å². The van der Waals surface area contributed by atoms with Gasteiger partial charge in [-0.3, -0.25) is 9.59 Å². The second kappa shape index (κ2) is 10.0. The van der Waals surface area contributed by atoms with E-state index in [2.05, 4.69) is 25.0 Å². The number of methoxy groups -OCH3 is 1. The number of alkyl halides is 3. The molecule has 2 N–H and O–H groups in total. The first-order valence-corrected chi connectivity index (χ1v) is 10.7. The zero-order chi connectivity index (χ0) is 26.0. The largest absolute Gasteiger partial charge is 0.573 e. The van der Waals surface area contributed by atoms with E-state index in [0.29, 0.717) is 0 Å². The van der Waals surface area contributed by atoms with Gasteiger partial charge in [0, 0.05) is 19.4 Å². The Morgan fingerprint density at radius 2 is 1.94 bits per heavy atom. The molecular formula is C23H19F5N4O4. The van der Waals surface area contributed by atoms with Gasteiger partial charge in [0.2, 0.25) is 0 Å². The molecule has 0 spiro atoms. The Labute approximate surface area is 200 Å². The third kappa shape index (κ3) is 6.03. The SMILES string of the molecule is COC[C@@H](NC(=O)c1cc(=O)[nH]c(-c2ncc(C3CC3)cc2F)n1)c1ccc(OC(F)(F)F)c(F)c1. The van der Waals surface area contributed by atoms with Crippen molar-refractivity contribution in [1.29, 1.82) is 0 Å². The van der Waals surface area contributed by atoms with Crippen molar-refractivity contribution in [2.45, 2.75) is 31.2 Å². The highest BCUT2D eigenvalue weighted by atomic mass is 19.4. The van der Waals surface area contributed by atoms with Gasteiger partial charge in [-0.05, 0) is 48.1 Å². The number of nitrogens with one attached hydrogen (secondary N) is 2. The molecule has 0 saturated heterocycles. The van der Waals surface area contributed by atoms with Crippen LogP contribution in [-0.4, -0.2) is 40.9 Å². The highest BCUT2D eigenvalue weighted by molar-refractivity contribution is 5.92. The molecule has 1 saturated carbocycles. The Balaban J connectivity index is 1.57. The molecule has 13 heteroatoms. The molecule has 1 amide bonds. The molecule has 0 radical (unpaired) electrons. The number of carbonyl (C=O) groups is 1. The van der Waals surface area contributed by atoms with Crippen molar-refractivity contribution in [3.8, 4) is 17.3 Å². The van der Waals surface area contributed by atoms with Crippen molar-refractivity contribution < 1.29 is 36.2 Å². The minimum atomic E-state index is -5.08. The lowest BCUT2D eigenvalue weighted by molar-refractivity contribution is -0.275. The van der Waals surface area contributed by atoms with E-state index in [-0.39, 0.29) is 35.3 Å². The van der Waals surface area contributed by atoms with Crippen molar-refractivity contribution in [2.24, 2.45) is 0 Å². The minimum absolute atomic E-state index is 0.0608. The number of aromatic amines is 1. The van der Waals surface area contributed by atoms with E-state index in [1.807, 2.05) is 0 Å². The van der Waals surface area contributed by atoms with Gasteiger partial charge < -0.3 is 19.8 Å². The maximum atomic E-state index is 14.6. The fraction of sp³-hybridized carbons (Fsp3) is 0.304. The predicted molar refractivity (Wildman–Crippen MR) is 115 cm³/mol. The van der Waals surface area contributed by atoms with Crippen LogP contribution in [0, 0.1) is 11.6 Å². The lowest BCUT2D eigenvalue weighted by atomic mass is 10.1. The van der Waals surface area contributed by atoms with Crippen LogP contribution in [0.1, 0.15) is 46.4 Å². The van der Waals surface area contributed by atoms with Gasteiger partial charge >= 0.3 is 6.36 Å². The molecule has 8 nitrogen and oxygen atoms in total. The third-order valence-corrected chi connectivity index (χ3v) is 5.33. The molecule has 0 bridgehead atoms. The van der Waals surface area contributed by atoms with Crippen LogP contribution >= 0.6 is 0 Å². The Morgan fingerprint density at radius 1 is 1.19 bits per heavy atom. The zero-order valence-corrected chi connectivity index (χ0v) is 18.7. The number of rotatable bonds is 8. The highest BCUT2D eigenvalue weighted by Crippen LogP contribution is 2.40. The van der Waals surface area contributed by atoms with Crippen LogP contribution in [0.4, 0.5) is 22.0 Å². The molecule has 1 aliphatic rings. The Morgan fingerprint density at radius 3 is 2.56 bits per heavy atom. The molecule has 36 heavy (non-hydrogen) atoms. The van der Waals surface area contributed by atoms with E-state index >= 15 is 0 Å². The smallest absolute Gasteiger partial charge is 0.403 e. The van der Waals surface area contributed by atoms with Gasteiger partial charge in [0.1, 0.15) is 11.4 Å². The molecule has 1 fully saturated rings. The maximum absolute atomic E-state index is 14.6. The van der Waals surface area contributed by atoms with E-state index in [9.17, 15) is 31.5 Å². The monoisotopic (exact) mass is 510 g/mol. The number of hydrogen-bond acceptors (Lipinski definition) is 6. The average Bonchev–Trinajstić information content (AvgIpc) is 3.64. The van der Waals surface area contributed by atoms with Gasteiger partial charge in [-0.2, -0.15) is 0 Å². The summed E-state index contributed by atoms with van der Waals surface area (Å²) in [5, 5.41) is 2.48. The number of hydrogen-bond donors (Lipinski definition) is 2. The molecule has 1 atom stereocenters. The number of ether oxygens (including phenoxy) is 2. The summed E-state index contributed by atoms with van der Waals surface area (Å²) >= 11 is 0. The summed E-state index contributed by atoms with van der Waals surface area (Å²) in [5.41, 5.74) is -0.596. The van der Waals surface area contributed by atoms with Crippen molar-refractivity contribution >= 4 is 5.91 Å². The number of amides is 1. The quantitative estimate of drug-likeness (QED) is 0.444. The standard InChI is InChI=1S/C23H19F5N4O4/c1-35-10-17(12-4-5-18(14(24)6-12)36-23(26,27)28)31-22(34)16-8-19(33)32-21(30-16)20-15(25)7-13(9-29-20)11-2-3-11/h4-9,11,17H,2-3,10H2,1H3,(H,31,34)(H,30,32,33)/t17-/m1/s1. The van der Waals surface area contributed by atoms with E-state index in [4.69, 9.17) is 4.74 Å². The lowest BCUT2D eigenvalue weighted by Gasteiger charge is -2.19. The van der Waals surface area contributed by atoms with Crippen molar-refractivity contribution in [3.63, 3.8) is 0 Å². The number of H-pyrrole nitrogens is 1. The van der Waals surface area contributed by atoms with Gasteiger partial charge in [0.05, 0.1) is 12.6 Å². The van der Waals surface area contributed by atoms with E-state index in [1.54, 1.807) is 0 Å². The van der Waals surface area contributed by atoms with Crippen LogP contribution in [0.3, 0.4) is 0 Å². The van der Waals surface area contributed by atoms with Crippen molar-refractivity contribution in [1.82, 2.24) is 20.3 Å². The van der Waals surface area contributed by atoms with Gasteiger partial charge in [-0.25, -0.2) is 18.7 Å². The third-order valence-electron chi connectivity index (χ3n) is 5.33. The molecule has 190 valence electrons. The van der Waals surface area contributed by atoms with Gasteiger partial charge in [-0.1, -0.05) is 6.07 Å². The van der Waals surface area contributed by atoms with Crippen LogP contribution in [0.2, 0.25) is 0 Å². The van der Waals surface area contributed by atoms with E-state index < -0.39 is 41.3 Å². The summed E-state index contributed by atoms with van der Waals surface area (Å²) in [6.07, 6.45) is -1.72. The number of carbonyl (C=O) groups excluding carboxylic acids is 1. The topological polar surface area (TPSA) is 106 Å². The normalized spacial score (nSPS) is 14.4. The first kappa shape index (κ1) is 25.2. The second-order valence-electron chi connectivity index (χ2n) is 8.07. The van der Waals surface area contributed by atoms with E-state index in [1.165, 1.54) is 19.4 Å². The summed E-state index contributed by atoms with van der Waals surface area (Å²) in [7, 11) is 1.29. The fourth-order valence-corrected chi connectivity index (χ4v) is 3.51. The Kier molecular flexibility index (Phi) is 7.02. The maximum Gasteiger partial charge on any atom is 0.573 e.